The molecule has 3 heterocycles. The van der Waals surface area contributed by atoms with Gasteiger partial charge in [-0.15, -0.1) is 0 Å². The maximum Gasteiger partial charge on any atom is 0.105 e. The van der Waals surface area contributed by atoms with E-state index in [0.717, 1.165) is 50.4 Å². The fourth-order valence-corrected chi connectivity index (χ4v) is 3.94. The van der Waals surface area contributed by atoms with Gasteiger partial charge >= 0.3 is 0 Å². The van der Waals surface area contributed by atoms with Crippen molar-refractivity contribution in [2.75, 3.05) is 39.9 Å². The third kappa shape index (κ3) is 4.99. The Morgan fingerprint density at radius 2 is 2.00 bits per heavy atom. The van der Waals surface area contributed by atoms with Crippen LogP contribution in [0.2, 0.25) is 0 Å². The molecule has 2 aliphatic rings. The summed E-state index contributed by atoms with van der Waals surface area (Å²) in [7, 11) is 2.03. The Morgan fingerprint density at radius 3 is 2.72 bits per heavy atom. The Hall–Kier alpha value is -1.05. The van der Waals surface area contributed by atoms with Crippen LogP contribution < -0.4 is 0 Å². The van der Waals surface area contributed by atoms with Gasteiger partial charge in [0, 0.05) is 18.8 Å². The fraction of sp³-hybridized carbons (Fsp3) is 0.737. The zero-order valence-electron chi connectivity index (χ0n) is 15.3. The number of hydrogen-bond donors (Lipinski definition) is 2. The van der Waals surface area contributed by atoms with Crippen LogP contribution in [0.5, 0.6) is 0 Å². The van der Waals surface area contributed by atoms with Gasteiger partial charge in [0.05, 0.1) is 31.1 Å². The van der Waals surface area contributed by atoms with Gasteiger partial charge in [-0.3, -0.25) is 14.8 Å². The van der Waals surface area contributed by atoms with Gasteiger partial charge in [0.1, 0.15) is 6.10 Å². The third-order valence-electron chi connectivity index (χ3n) is 5.52. The van der Waals surface area contributed by atoms with Gasteiger partial charge in [0.25, 0.3) is 0 Å². The molecule has 140 valence electrons. The maximum absolute atomic E-state index is 10.2. The number of rotatable bonds is 5. The number of aromatic nitrogens is 1. The van der Waals surface area contributed by atoms with Crippen molar-refractivity contribution < 1.29 is 14.9 Å². The number of nitrogens with zero attached hydrogens (tertiary/aromatic N) is 3. The second kappa shape index (κ2) is 8.56. The lowest BCUT2D eigenvalue weighted by molar-refractivity contribution is -0.130. The van der Waals surface area contributed by atoms with Crippen LogP contribution in [0.25, 0.3) is 0 Å². The SMILES string of the molecule is Cc1cccc(CN2CCC(CN(C)[C@@H]3COC[C@@H](O)[C@H]3O)CC2)n1. The molecule has 0 amide bonds. The monoisotopic (exact) mass is 349 g/mol. The number of pyridine rings is 1. The summed E-state index contributed by atoms with van der Waals surface area (Å²) in [5.41, 5.74) is 2.22. The molecule has 0 radical (unpaired) electrons. The quantitative estimate of drug-likeness (QED) is 0.814. The molecule has 3 atom stereocenters. The standard InChI is InChI=1S/C19H31N3O3/c1-14-4-3-5-16(20-14)11-22-8-6-15(7-9-22)10-21(2)17-12-25-13-18(23)19(17)24/h3-5,15,17-19,23-24H,6-13H2,1-2H3/t17-,18-,19+/m1/s1. The summed E-state index contributed by atoms with van der Waals surface area (Å²) in [5.74, 6) is 0.623. The smallest absolute Gasteiger partial charge is 0.105 e. The summed E-state index contributed by atoms with van der Waals surface area (Å²) in [6.45, 7) is 6.79. The minimum absolute atomic E-state index is 0.113. The molecule has 6 nitrogen and oxygen atoms in total. The van der Waals surface area contributed by atoms with Crippen molar-refractivity contribution >= 4 is 0 Å². The molecule has 0 bridgehead atoms. The van der Waals surface area contributed by atoms with E-state index in [1.807, 2.05) is 20.0 Å². The van der Waals surface area contributed by atoms with E-state index >= 15 is 0 Å². The first-order valence-electron chi connectivity index (χ1n) is 9.32. The number of hydrogen-bond acceptors (Lipinski definition) is 6. The van der Waals surface area contributed by atoms with E-state index in [2.05, 4.69) is 26.9 Å². The van der Waals surface area contributed by atoms with Gasteiger partial charge in [-0.25, -0.2) is 0 Å². The van der Waals surface area contributed by atoms with Crippen molar-refractivity contribution in [3.63, 3.8) is 0 Å². The molecule has 1 aromatic rings. The van der Waals surface area contributed by atoms with Gasteiger partial charge in [-0.2, -0.15) is 0 Å². The molecule has 6 heteroatoms. The highest BCUT2D eigenvalue weighted by molar-refractivity contribution is 5.09. The molecular formula is C19H31N3O3. The third-order valence-corrected chi connectivity index (χ3v) is 5.52. The first kappa shape index (κ1) is 18.7. The molecule has 2 saturated heterocycles. The maximum atomic E-state index is 10.2. The Bertz CT molecular complexity index is 548. The van der Waals surface area contributed by atoms with Crippen molar-refractivity contribution in [1.82, 2.24) is 14.8 Å². The lowest BCUT2D eigenvalue weighted by Crippen LogP contribution is -2.56. The normalized spacial score (nSPS) is 29.2. The Balaban J connectivity index is 1.44. The first-order chi connectivity index (χ1) is 12.0. The average Bonchev–Trinajstić information content (AvgIpc) is 2.59. The van der Waals surface area contributed by atoms with E-state index in [1.54, 1.807) is 0 Å². The average molecular weight is 349 g/mol. The number of aliphatic hydroxyl groups excluding tert-OH is 2. The molecule has 2 N–H and O–H groups in total. The van der Waals surface area contributed by atoms with Crippen LogP contribution >= 0.6 is 0 Å². The second-order valence-corrected chi connectivity index (χ2v) is 7.59. The summed E-state index contributed by atoms with van der Waals surface area (Å²) >= 11 is 0. The fourth-order valence-electron chi connectivity index (χ4n) is 3.94. The molecule has 0 aromatic carbocycles. The van der Waals surface area contributed by atoms with Gasteiger partial charge in [-0.1, -0.05) is 6.07 Å². The minimum Gasteiger partial charge on any atom is -0.389 e. The highest BCUT2D eigenvalue weighted by atomic mass is 16.5. The van der Waals surface area contributed by atoms with Crippen LogP contribution in [-0.4, -0.2) is 83.1 Å². The lowest BCUT2D eigenvalue weighted by atomic mass is 9.94. The Kier molecular flexibility index (Phi) is 6.41. The molecule has 0 unspecified atom stereocenters. The van der Waals surface area contributed by atoms with Crippen LogP contribution in [0.1, 0.15) is 24.2 Å². The first-order valence-corrected chi connectivity index (χ1v) is 9.32. The van der Waals surface area contributed by atoms with E-state index in [0.29, 0.717) is 12.5 Å². The van der Waals surface area contributed by atoms with Crippen molar-refractivity contribution in [3.05, 3.63) is 29.6 Å². The Labute approximate surface area is 150 Å². The molecule has 2 aliphatic heterocycles. The van der Waals surface area contributed by atoms with Crippen LogP contribution in [0.15, 0.2) is 18.2 Å². The van der Waals surface area contributed by atoms with Crippen LogP contribution in [0, 0.1) is 12.8 Å². The number of likely N-dealkylation sites (N-methyl/N-ethyl adjacent to an activating group) is 1. The topological polar surface area (TPSA) is 69.1 Å². The summed E-state index contributed by atoms with van der Waals surface area (Å²) in [5, 5.41) is 20.0. The van der Waals surface area contributed by atoms with Gasteiger partial charge < -0.3 is 14.9 Å². The van der Waals surface area contributed by atoms with Crippen molar-refractivity contribution in [2.24, 2.45) is 5.92 Å². The van der Waals surface area contributed by atoms with Crippen LogP contribution in [0.4, 0.5) is 0 Å². The molecule has 0 aliphatic carbocycles. The van der Waals surface area contributed by atoms with E-state index in [1.165, 1.54) is 0 Å². The minimum atomic E-state index is -0.773. The number of aryl methyl sites for hydroxylation is 1. The molecule has 1 aromatic heterocycles. The van der Waals surface area contributed by atoms with E-state index < -0.39 is 12.2 Å². The van der Waals surface area contributed by atoms with Crippen LogP contribution in [-0.2, 0) is 11.3 Å². The number of ether oxygens (including phenoxy) is 1. The largest absolute Gasteiger partial charge is 0.389 e. The summed E-state index contributed by atoms with van der Waals surface area (Å²) < 4.78 is 5.40. The van der Waals surface area contributed by atoms with E-state index in [-0.39, 0.29) is 12.6 Å². The molecule has 25 heavy (non-hydrogen) atoms. The predicted molar refractivity (Wildman–Crippen MR) is 96.2 cm³/mol. The molecular weight excluding hydrogens is 318 g/mol. The number of likely N-dealkylation sites (tertiary alicyclic amines) is 1. The zero-order chi connectivity index (χ0) is 17.8. The highest BCUT2D eigenvalue weighted by Crippen LogP contribution is 2.22. The predicted octanol–water partition coefficient (Wildman–Crippen LogP) is 0.654. The second-order valence-electron chi connectivity index (χ2n) is 7.59. The summed E-state index contributed by atoms with van der Waals surface area (Å²) in [4.78, 5) is 9.23. The lowest BCUT2D eigenvalue weighted by Gasteiger charge is -2.40. The van der Waals surface area contributed by atoms with Crippen molar-refractivity contribution in [3.8, 4) is 0 Å². The number of piperidine rings is 1. The van der Waals surface area contributed by atoms with E-state index in [9.17, 15) is 10.2 Å². The van der Waals surface area contributed by atoms with Gasteiger partial charge in [0.15, 0.2) is 0 Å². The Morgan fingerprint density at radius 1 is 1.24 bits per heavy atom. The van der Waals surface area contributed by atoms with E-state index in [4.69, 9.17) is 4.74 Å². The van der Waals surface area contributed by atoms with Crippen molar-refractivity contribution in [2.45, 2.75) is 44.6 Å². The number of aliphatic hydroxyl groups is 2. The summed E-state index contributed by atoms with van der Waals surface area (Å²) in [6, 6.07) is 6.10. The molecule has 0 saturated carbocycles. The molecule has 2 fully saturated rings. The molecule has 3 rings (SSSR count). The van der Waals surface area contributed by atoms with Crippen molar-refractivity contribution in [1.29, 1.82) is 0 Å². The highest BCUT2D eigenvalue weighted by Gasteiger charge is 2.35. The van der Waals surface area contributed by atoms with Gasteiger partial charge in [-0.05, 0) is 58.0 Å². The van der Waals surface area contributed by atoms with Gasteiger partial charge in [0.2, 0.25) is 0 Å². The summed E-state index contributed by atoms with van der Waals surface area (Å²) in [6.07, 6.45) is 0.821. The zero-order valence-corrected chi connectivity index (χ0v) is 15.3. The van der Waals surface area contributed by atoms with Crippen LogP contribution in [0.3, 0.4) is 0 Å². The molecule has 0 spiro atoms.